The van der Waals surface area contributed by atoms with Crippen molar-refractivity contribution in [3.63, 3.8) is 0 Å². The monoisotopic (exact) mass is 394 g/mol. The predicted molar refractivity (Wildman–Crippen MR) is 109 cm³/mol. The first-order valence-corrected chi connectivity index (χ1v) is 9.96. The minimum Gasteiger partial charge on any atom is -0.384 e. The van der Waals surface area contributed by atoms with Gasteiger partial charge in [0, 0.05) is 11.6 Å². The highest BCUT2D eigenvalue weighted by Crippen LogP contribution is 2.20. The number of rotatable bonds is 6. The van der Waals surface area contributed by atoms with Gasteiger partial charge in [0.2, 0.25) is 0 Å². The fraction of sp³-hybridized carbons (Fsp3) is 0.0476. The molecule has 0 saturated carbocycles. The Kier molecular flexibility index (Phi) is 5.56. The number of nitrogens with one attached hydrogen (secondary N) is 1. The maximum absolute atomic E-state index is 12.2. The van der Waals surface area contributed by atoms with E-state index in [0.29, 0.717) is 11.1 Å². The van der Waals surface area contributed by atoms with Gasteiger partial charge in [0.15, 0.2) is 0 Å². The van der Waals surface area contributed by atoms with Crippen molar-refractivity contribution in [2.24, 2.45) is 5.73 Å². The fourth-order valence-electron chi connectivity index (χ4n) is 2.67. The lowest BCUT2D eigenvalue weighted by atomic mass is 10.0. The third-order valence-electron chi connectivity index (χ3n) is 3.98. The van der Waals surface area contributed by atoms with Crippen LogP contribution in [0.25, 0.3) is 16.8 Å². The molecule has 0 atom stereocenters. The summed E-state index contributed by atoms with van der Waals surface area (Å²) >= 11 is 0. The molecule has 0 aliphatic carbocycles. The van der Waals surface area contributed by atoms with E-state index in [4.69, 9.17) is 11.1 Å². The summed E-state index contributed by atoms with van der Waals surface area (Å²) in [7, 11) is -4.08. The van der Waals surface area contributed by atoms with Crippen molar-refractivity contribution in [1.29, 1.82) is 5.41 Å². The number of fused-ring (bicyclic) bond motifs is 1. The molecule has 0 fully saturated rings. The highest BCUT2D eigenvalue weighted by atomic mass is 32.2. The lowest BCUT2D eigenvalue weighted by molar-refractivity contribution is -0.128. The molecule has 0 saturated heterocycles. The molecule has 28 heavy (non-hydrogen) atoms. The van der Waals surface area contributed by atoms with Crippen LogP contribution < -0.4 is 5.73 Å². The van der Waals surface area contributed by atoms with E-state index >= 15 is 0 Å². The van der Waals surface area contributed by atoms with Gasteiger partial charge in [-0.25, -0.2) is 4.79 Å². The number of hydrogen-bond acceptors (Lipinski definition) is 5. The Bertz CT molecular complexity index is 1170. The van der Waals surface area contributed by atoms with Gasteiger partial charge in [0.1, 0.15) is 11.6 Å². The molecule has 0 aliphatic heterocycles. The quantitative estimate of drug-likeness (QED) is 0.289. The number of nitrogens with two attached hydrogens (primary N) is 1. The summed E-state index contributed by atoms with van der Waals surface area (Å²) in [4.78, 5) is 11.8. The first-order chi connectivity index (χ1) is 13.3. The predicted octanol–water partition coefficient (Wildman–Crippen LogP) is 3.21. The standard InChI is InChI=1S/C21H18N2O4S/c22-21(23)19-10-9-17-12-16(6-8-18(17)13-19)14-28(25,26)27-20(24)11-7-15-4-2-1-3-5-15/h1-13H,14H2,(H3,22,23). The molecule has 0 bridgehead atoms. The van der Waals surface area contributed by atoms with E-state index in [1.165, 1.54) is 6.08 Å². The van der Waals surface area contributed by atoms with Crippen LogP contribution in [0.3, 0.4) is 0 Å². The van der Waals surface area contributed by atoms with Crippen LogP contribution >= 0.6 is 0 Å². The Morgan fingerprint density at radius 1 is 1.00 bits per heavy atom. The summed E-state index contributed by atoms with van der Waals surface area (Å²) in [6, 6.07) is 19.3. The SMILES string of the molecule is N=C(N)c1ccc2cc(CS(=O)(=O)OC(=O)C=Cc3ccccc3)ccc2c1. The second kappa shape index (κ2) is 8.06. The van der Waals surface area contributed by atoms with Crippen molar-refractivity contribution in [3.05, 3.63) is 89.5 Å². The van der Waals surface area contributed by atoms with Gasteiger partial charge < -0.3 is 9.92 Å². The summed E-state index contributed by atoms with van der Waals surface area (Å²) in [6.45, 7) is 0. The maximum Gasteiger partial charge on any atom is 0.346 e. The van der Waals surface area contributed by atoms with Crippen molar-refractivity contribution in [1.82, 2.24) is 0 Å². The average molecular weight is 394 g/mol. The van der Waals surface area contributed by atoms with Crippen LogP contribution in [0.1, 0.15) is 16.7 Å². The molecule has 3 N–H and O–H groups in total. The molecule has 0 heterocycles. The number of carbonyl (C=O) groups is 1. The van der Waals surface area contributed by atoms with E-state index in [1.54, 1.807) is 60.7 Å². The highest BCUT2D eigenvalue weighted by Gasteiger charge is 2.17. The number of hydrogen-bond donors (Lipinski definition) is 2. The minimum atomic E-state index is -4.08. The van der Waals surface area contributed by atoms with Crippen molar-refractivity contribution in [3.8, 4) is 0 Å². The van der Waals surface area contributed by atoms with E-state index in [-0.39, 0.29) is 5.84 Å². The molecule has 0 unspecified atom stereocenters. The van der Waals surface area contributed by atoms with Gasteiger partial charge in [-0.05, 0) is 34.0 Å². The van der Waals surface area contributed by atoms with Gasteiger partial charge in [-0.2, -0.15) is 8.42 Å². The molecule has 0 radical (unpaired) electrons. The highest BCUT2D eigenvalue weighted by molar-refractivity contribution is 7.86. The van der Waals surface area contributed by atoms with E-state index in [2.05, 4.69) is 4.18 Å². The zero-order chi connectivity index (χ0) is 20.1. The summed E-state index contributed by atoms with van der Waals surface area (Å²) < 4.78 is 29.0. The number of amidine groups is 1. The van der Waals surface area contributed by atoms with Crippen LogP contribution in [0.15, 0.2) is 72.8 Å². The second-order valence-electron chi connectivity index (χ2n) is 6.16. The third-order valence-corrected chi connectivity index (χ3v) is 5.08. The third kappa shape index (κ3) is 5.05. The van der Waals surface area contributed by atoms with E-state index in [1.807, 2.05) is 6.07 Å². The van der Waals surface area contributed by atoms with Crippen LogP contribution in [0.5, 0.6) is 0 Å². The van der Waals surface area contributed by atoms with Gasteiger partial charge in [-0.15, -0.1) is 0 Å². The van der Waals surface area contributed by atoms with Gasteiger partial charge in [-0.1, -0.05) is 60.7 Å². The molecule has 0 amide bonds. The zero-order valence-electron chi connectivity index (χ0n) is 14.8. The molecule has 6 nitrogen and oxygen atoms in total. The summed E-state index contributed by atoms with van der Waals surface area (Å²) in [5.41, 5.74) is 7.32. The average Bonchev–Trinajstić information content (AvgIpc) is 2.66. The van der Waals surface area contributed by atoms with Crippen LogP contribution in [0, 0.1) is 5.41 Å². The number of nitrogen functional groups attached to an aromatic ring is 1. The van der Waals surface area contributed by atoms with E-state index in [9.17, 15) is 13.2 Å². The van der Waals surface area contributed by atoms with Crippen LogP contribution in [-0.2, 0) is 24.8 Å². The normalized spacial score (nSPS) is 11.6. The molecule has 3 aromatic carbocycles. The number of carbonyl (C=O) groups excluding carboxylic acids is 1. The van der Waals surface area contributed by atoms with Gasteiger partial charge in [-0.3, -0.25) is 5.41 Å². The smallest absolute Gasteiger partial charge is 0.346 e. The first-order valence-electron chi connectivity index (χ1n) is 8.39. The van der Waals surface area contributed by atoms with Crippen molar-refractivity contribution >= 4 is 38.8 Å². The summed E-state index contributed by atoms with van der Waals surface area (Å²) in [5.74, 6) is -1.41. The lowest BCUT2D eigenvalue weighted by Gasteiger charge is -2.07. The van der Waals surface area contributed by atoms with Crippen LogP contribution in [0.4, 0.5) is 0 Å². The van der Waals surface area contributed by atoms with Crippen LogP contribution in [-0.4, -0.2) is 20.2 Å². The van der Waals surface area contributed by atoms with Gasteiger partial charge >= 0.3 is 16.1 Å². The molecular weight excluding hydrogens is 376 g/mol. The van der Waals surface area contributed by atoms with Crippen molar-refractivity contribution in [2.45, 2.75) is 5.75 Å². The Balaban J connectivity index is 1.71. The molecule has 0 spiro atoms. The molecule has 3 rings (SSSR count). The molecular formula is C21H18N2O4S. The van der Waals surface area contributed by atoms with E-state index in [0.717, 1.165) is 22.4 Å². The first kappa shape index (κ1) is 19.3. The minimum absolute atomic E-state index is 0.0379. The Hall–Kier alpha value is -3.45. The molecule has 7 heteroatoms. The fourth-order valence-corrected chi connectivity index (χ4v) is 3.62. The van der Waals surface area contributed by atoms with Gasteiger partial charge in [0.25, 0.3) is 0 Å². The Morgan fingerprint density at radius 3 is 2.39 bits per heavy atom. The summed E-state index contributed by atoms with van der Waals surface area (Å²) in [5, 5.41) is 9.10. The Morgan fingerprint density at radius 2 is 1.68 bits per heavy atom. The summed E-state index contributed by atoms with van der Waals surface area (Å²) in [6.07, 6.45) is 2.57. The maximum atomic E-state index is 12.2. The lowest BCUT2D eigenvalue weighted by Crippen LogP contribution is -2.13. The van der Waals surface area contributed by atoms with Crippen molar-refractivity contribution < 1.29 is 17.4 Å². The van der Waals surface area contributed by atoms with E-state index < -0.39 is 21.8 Å². The molecule has 3 aromatic rings. The van der Waals surface area contributed by atoms with Gasteiger partial charge in [0.05, 0.1) is 0 Å². The molecule has 0 aliphatic rings. The molecule has 142 valence electrons. The topological polar surface area (TPSA) is 110 Å². The Labute approximate surface area is 162 Å². The van der Waals surface area contributed by atoms with Crippen molar-refractivity contribution in [2.75, 3.05) is 0 Å². The number of benzene rings is 3. The largest absolute Gasteiger partial charge is 0.384 e. The molecule has 0 aromatic heterocycles. The van der Waals surface area contributed by atoms with Crippen LogP contribution in [0.2, 0.25) is 0 Å². The second-order valence-corrected chi connectivity index (χ2v) is 7.73. The zero-order valence-corrected chi connectivity index (χ0v) is 15.6.